The number of hydrogen-bond donors (Lipinski definition) is 1. The number of amides is 1. The summed E-state index contributed by atoms with van der Waals surface area (Å²) in [6.45, 7) is 1.30. The number of carbonyl (C=O) groups excluding carboxylic acids is 1. The van der Waals surface area contributed by atoms with E-state index in [0.29, 0.717) is 11.3 Å². The van der Waals surface area contributed by atoms with Crippen LogP contribution in [0.4, 0.5) is 32.0 Å². The largest absolute Gasteiger partial charge is 0.573 e. The quantitative estimate of drug-likeness (QED) is 0.554. The van der Waals surface area contributed by atoms with E-state index < -0.39 is 34.8 Å². The minimum Gasteiger partial charge on any atom is -0.406 e. The molecule has 2 radical (unpaired) electrons. The molecule has 0 saturated heterocycles. The molecule has 0 aliphatic carbocycles. The zero-order valence-electron chi connectivity index (χ0n) is 12.5. The van der Waals surface area contributed by atoms with Crippen LogP contribution in [0.3, 0.4) is 0 Å². The second kappa shape index (κ2) is 7.10. The molecule has 0 aliphatic heterocycles. The van der Waals surface area contributed by atoms with Gasteiger partial charge in [0.2, 0.25) is 0 Å². The summed E-state index contributed by atoms with van der Waals surface area (Å²) in [5.41, 5.74) is -1.91. The Morgan fingerprint density at radius 3 is 2.38 bits per heavy atom. The third kappa shape index (κ3) is 4.90. The van der Waals surface area contributed by atoms with Gasteiger partial charge in [0.1, 0.15) is 18.5 Å². The topological polar surface area (TPSA) is 51.2 Å². The number of halogens is 7. The summed E-state index contributed by atoms with van der Waals surface area (Å²) in [5, 5.41) is 2.15. The molecule has 1 aromatic carbocycles. The summed E-state index contributed by atoms with van der Waals surface area (Å²) in [6, 6.07) is 1.64. The Kier molecular flexibility index (Phi) is 5.61. The number of nitrogens with zero attached hydrogens (tertiary/aromatic N) is 1. The number of aromatic nitrogens is 1. The third-order valence-electron chi connectivity index (χ3n) is 2.78. The first-order valence-electron chi connectivity index (χ1n) is 6.48. The molecule has 26 heavy (non-hydrogen) atoms. The maximum atomic E-state index is 12.9. The van der Waals surface area contributed by atoms with Crippen LogP contribution in [0.1, 0.15) is 20.4 Å². The molecular formula is C13H6BBrF6N2O2S. The minimum atomic E-state index is -4.96. The summed E-state index contributed by atoms with van der Waals surface area (Å²) < 4.78 is 79.1. The van der Waals surface area contributed by atoms with Crippen LogP contribution < -0.4 is 15.5 Å². The normalized spacial score (nSPS) is 12.2. The van der Waals surface area contributed by atoms with Crippen molar-refractivity contribution in [3.8, 4) is 5.75 Å². The molecule has 1 aromatic heterocycles. The highest BCUT2D eigenvalue weighted by atomic mass is 79.9. The molecular weight excluding hydrogens is 453 g/mol. The zero-order chi connectivity index (χ0) is 19.9. The number of rotatable bonds is 3. The Bertz CT molecular complexity index is 829. The van der Waals surface area contributed by atoms with E-state index in [0.717, 1.165) is 12.1 Å². The van der Waals surface area contributed by atoms with Crippen molar-refractivity contribution in [2.45, 2.75) is 19.5 Å². The molecule has 0 spiro atoms. The molecule has 0 aliphatic rings. The number of thiazole rings is 1. The zero-order valence-corrected chi connectivity index (χ0v) is 15.0. The van der Waals surface area contributed by atoms with Gasteiger partial charge in [0.25, 0.3) is 5.91 Å². The predicted molar refractivity (Wildman–Crippen MR) is 86.0 cm³/mol. The SMILES string of the molecule is [B]c1cc(OC(F)(F)F)cc(Br)c1NC(=O)c1sc(C)nc1C(F)(F)F. The maximum absolute atomic E-state index is 12.9. The van der Waals surface area contributed by atoms with Crippen LogP contribution in [0.25, 0.3) is 0 Å². The first-order valence-corrected chi connectivity index (χ1v) is 8.09. The first kappa shape index (κ1) is 20.6. The van der Waals surface area contributed by atoms with E-state index in [1.807, 2.05) is 0 Å². The van der Waals surface area contributed by atoms with Gasteiger partial charge in [-0.05, 0) is 35.0 Å². The maximum Gasteiger partial charge on any atom is 0.573 e. The van der Waals surface area contributed by atoms with E-state index in [4.69, 9.17) is 7.85 Å². The Morgan fingerprint density at radius 2 is 1.88 bits per heavy atom. The van der Waals surface area contributed by atoms with Gasteiger partial charge >= 0.3 is 12.5 Å². The first-order chi connectivity index (χ1) is 11.8. The summed E-state index contributed by atoms with van der Waals surface area (Å²) in [4.78, 5) is 14.8. The number of anilines is 1. The molecule has 0 bridgehead atoms. The molecule has 2 rings (SSSR count). The molecule has 1 heterocycles. The van der Waals surface area contributed by atoms with Crippen LogP contribution in [-0.2, 0) is 6.18 Å². The highest BCUT2D eigenvalue weighted by Gasteiger charge is 2.39. The van der Waals surface area contributed by atoms with Crippen molar-refractivity contribution in [3.63, 3.8) is 0 Å². The lowest BCUT2D eigenvalue weighted by molar-refractivity contribution is -0.274. The molecule has 4 nitrogen and oxygen atoms in total. The molecule has 1 N–H and O–H groups in total. The van der Waals surface area contributed by atoms with Crippen molar-refractivity contribution in [3.05, 3.63) is 32.2 Å². The van der Waals surface area contributed by atoms with Gasteiger partial charge in [0, 0.05) is 10.2 Å². The molecule has 0 unspecified atom stereocenters. The third-order valence-corrected chi connectivity index (χ3v) is 4.37. The molecule has 2 aromatic rings. The van der Waals surface area contributed by atoms with Gasteiger partial charge in [-0.25, -0.2) is 4.98 Å². The lowest BCUT2D eigenvalue weighted by Gasteiger charge is -2.15. The number of ether oxygens (including phenoxy) is 1. The summed E-state index contributed by atoms with van der Waals surface area (Å²) >= 11 is 3.41. The number of aryl methyl sites for hydroxylation is 1. The van der Waals surface area contributed by atoms with Gasteiger partial charge in [0.15, 0.2) is 5.69 Å². The van der Waals surface area contributed by atoms with Crippen LogP contribution in [-0.4, -0.2) is 25.1 Å². The van der Waals surface area contributed by atoms with Crippen LogP contribution in [0.2, 0.25) is 0 Å². The molecule has 1 amide bonds. The van der Waals surface area contributed by atoms with E-state index in [1.165, 1.54) is 6.92 Å². The molecule has 13 heteroatoms. The number of alkyl halides is 6. The standard InChI is InChI=1S/C13H6BBrF6N2O2S/c1-4-22-10(12(16,17)18)9(26-4)11(24)23-8-6(14)2-5(3-7(8)15)25-13(19,20)21/h2-3H,1H3,(H,23,24). The van der Waals surface area contributed by atoms with Gasteiger partial charge < -0.3 is 10.1 Å². The van der Waals surface area contributed by atoms with Gasteiger partial charge in [-0.3, -0.25) is 4.79 Å². The van der Waals surface area contributed by atoms with Gasteiger partial charge in [0.05, 0.1) is 5.01 Å². The van der Waals surface area contributed by atoms with Crippen molar-refractivity contribution in [1.82, 2.24) is 4.98 Å². The predicted octanol–water partition coefficient (Wildman–Crippen LogP) is 4.18. The second-order valence-corrected chi connectivity index (χ2v) is 6.84. The van der Waals surface area contributed by atoms with E-state index >= 15 is 0 Å². The van der Waals surface area contributed by atoms with Crippen molar-refractivity contribution in [2.24, 2.45) is 0 Å². The number of benzene rings is 1. The van der Waals surface area contributed by atoms with Crippen LogP contribution in [0, 0.1) is 6.92 Å². The summed E-state index contributed by atoms with van der Waals surface area (Å²) in [5.74, 6) is -1.82. The van der Waals surface area contributed by atoms with Crippen LogP contribution in [0.5, 0.6) is 5.75 Å². The fourth-order valence-electron chi connectivity index (χ4n) is 1.87. The lowest BCUT2D eigenvalue weighted by atomic mass is 9.93. The fraction of sp³-hybridized carbons (Fsp3) is 0.231. The van der Waals surface area contributed by atoms with Gasteiger partial charge in [-0.15, -0.1) is 24.5 Å². The number of nitrogens with one attached hydrogen (secondary N) is 1. The highest BCUT2D eigenvalue weighted by Crippen LogP contribution is 2.35. The van der Waals surface area contributed by atoms with Crippen molar-refractivity contribution >= 4 is 52.2 Å². The average Bonchev–Trinajstić information content (AvgIpc) is 2.83. The number of hydrogen-bond acceptors (Lipinski definition) is 4. The Hall–Kier alpha value is -1.76. The van der Waals surface area contributed by atoms with E-state index in [1.54, 1.807) is 0 Å². The molecule has 0 atom stereocenters. The van der Waals surface area contributed by atoms with Crippen molar-refractivity contribution < 1.29 is 35.9 Å². The molecule has 138 valence electrons. The molecule has 0 fully saturated rings. The molecule has 0 saturated carbocycles. The second-order valence-electron chi connectivity index (χ2n) is 4.78. The Labute approximate surface area is 156 Å². The highest BCUT2D eigenvalue weighted by molar-refractivity contribution is 9.10. The lowest BCUT2D eigenvalue weighted by Crippen LogP contribution is -2.23. The van der Waals surface area contributed by atoms with Crippen molar-refractivity contribution in [2.75, 3.05) is 5.32 Å². The van der Waals surface area contributed by atoms with E-state index in [2.05, 4.69) is 31.0 Å². The summed E-state index contributed by atoms with van der Waals surface area (Å²) in [7, 11) is 5.57. The smallest absolute Gasteiger partial charge is 0.406 e. The van der Waals surface area contributed by atoms with Crippen LogP contribution >= 0.6 is 27.3 Å². The minimum absolute atomic E-state index is 0.0171. The Morgan fingerprint density at radius 1 is 1.27 bits per heavy atom. The van der Waals surface area contributed by atoms with Crippen molar-refractivity contribution in [1.29, 1.82) is 0 Å². The summed E-state index contributed by atoms with van der Waals surface area (Å²) in [6.07, 6.45) is -9.80. The monoisotopic (exact) mass is 458 g/mol. The average molecular weight is 459 g/mol. The van der Waals surface area contributed by atoms with E-state index in [9.17, 15) is 31.1 Å². The van der Waals surface area contributed by atoms with Gasteiger partial charge in [-0.1, -0.05) is 5.46 Å². The Balaban J connectivity index is 2.33. The fourth-order valence-corrected chi connectivity index (χ4v) is 3.26. The van der Waals surface area contributed by atoms with Gasteiger partial charge in [-0.2, -0.15) is 13.2 Å². The van der Waals surface area contributed by atoms with E-state index in [-0.39, 0.29) is 20.6 Å². The number of carbonyl (C=O) groups is 1. The van der Waals surface area contributed by atoms with Crippen LogP contribution in [0.15, 0.2) is 16.6 Å².